The molecule has 1 aromatic heterocycles. The molecule has 0 aliphatic carbocycles. The van der Waals surface area contributed by atoms with Gasteiger partial charge in [-0.15, -0.1) is 0 Å². The predicted molar refractivity (Wildman–Crippen MR) is 106 cm³/mol. The van der Waals surface area contributed by atoms with Gasteiger partial charge in [-0.25, -0.2) is 13.4 Å². The summed E-state index contributed by atoms with van der Waals surface area (Å²) >= 11 is 3.32. The summed E-state index contributed by atoms with van der Waals surface area (Å²) in [6, 6.07) is 7.11. The first-order chi connectivity index (χ1) is 12.1. The number of hydrogen-bond acceptors (Lipinski definition) is 4. The first kappa shape index (κ1) is 20.6. The van der Waals surface area contributed by atoms with Crippen LogP contribution < -0.4 is 5.32 Å². The van der Waals surface area contributed by atoms with E-state index in [9.17, 15) is 13.2 Å². The number of amides is 1. The summed E-state index contributed by atoms with van der Waals surface area (Å²) in [5.74, 6) is -0.327. The summed E-state index contributed by atoms with van der Waals surface area (Å²) in [5, 5.41) is 2.76. The fourth-order valence-corrected chi connectivity index (χ4v) is 4.24. The van der Waals surface area contributed by atoms with E-state index >= 15 is 0 Å². The molecule has 0 radical (unpaired) electrons. The maximum atomic E-state index is 12.7. The Morgan fingerprint density at radius 3 is 2.42 bits per heavy atom. The summed E-state index contributed by atoms with van der Waals surface area (Å²) in [5.41, 5.74) is 2.17. The second kappa shape index (κ2) is 8.35. The number of imidazole rings is 1. The maximum Gasteiger partial charge on any atom is 0.228 e. The smallest absolute Gasteiger partial charge is 0.228 e. The quantitative estimate of drug-likeness (QED) is 0.709. The van der Waals surface area contributed by atoms with Crippen LogP contribution in [0.2, 0.25) is 0 Å². The molecule has 0 saturated carbocycles. The van der Waals surface area contributed by atoms with Crippen LogP contribution >= 0.6 is 15.9 Å². The minimum absolute atomic E-state index is 0.0534. The third kappa shape index (κ3) is 5.17. The molecule has 2 aromatic rings. The van der Waals surface area contributed by atoms with Gasteiger partial charge in [-0.3, -0.25) is 4.79 Å². The summed E-state index contributed by atoms with van der Waals surface area (Å²) in [7, 11) is -3.65. The van der Waals surface area contributed by atoms with E-state index in [1.54, 1.807) is 35.8 Å². The molecule has 6 nitrogen and oxygen atoms in total. The van der Waals surface area contributed by atoms with Crippen molar-refractivity contribution in [1.82, 2.24) is 9.55 Å². The standard InChI is InChI=1S/C18H24BrN3O3S/c1-12(2)11-22-14(4)13(3)20-18(22)26(24,25)10-9-17(23)21-16-7-5-15(19)6-8-16/h5-8,12H,9-11H2,1-4H3,(H,21,23). The molecule has 1 aromatic carbocycles. The fraction of sp³-hybridized carbons (Fsp3) is 0.444. The van der Waals surface area contributed by atoms with Gasteiger partial charge in [-0.2, -0.15) is 0 Å². The molecule has 1 heterocycles. The molecular formula is C18H24BrN3O3S. The van der Waals surface area contributed by atoms with Crippen LogP contribution in [0.4, 0.5) is 5.69 Å². The van der Waals surface area contributed by atoms with Crippen molar-refractivity contribution in [3.05, 3.63) is 40.1 Å². The number of carbonyl (C=O) groups is 1. The van der Waals surface area contributed by atoms with Crippen LogP contribution in [-0.2, 0) is 21.2 Å². The molecule has 2 rings (SSSR count). The van der Waals surface area contributed by atoms with E-state index in [4.69, 9.17) is 0 Å². The summed E-state index contributed by atoms with van der Waals surface area (Å²) in [6.45, 7) is 8.29. The van der Waals surface area contributed by atoms with Crippen LogP contribution in [0, 0.1) is 19.8 Å². The minimum Gasteiger partial charge on any atom is -0.326 e. The lowest BCUT2D eigenvalue weighted by Crippen LogP contribution is -2.21. The maximum absolute atomic E-state index is 12.7. The highest BCUT2D eigenvalue weighted by atomic mass is 79.9. The van der Waals surface area contributed by atoms with Gasteiger partial charge < -0.3 is 9.88 Å². The van der Waals surface area contributed by atoms with Gasteiger partial charge in [0, 0.05) is 28.8 Å². The van der Waals surface area contributed by atoms with Crippen molar-refractivity contribution in [2.45, 2.75) is 45.8 Å². The number of aromatic nitrogens is 2. The number of carbonyl (C=O) groups excluding carboxylic acids is 1. The molecule has 0 spiro atoms. The largest absolute Gasteiger partial charge is 0.326 e. The molecule has 0 aliphatic heterocycles. The molecule has 1 N–H and O–H groups in total. The Balaban J connectivity index is 2.10. The molecule has 26 heavy (non-hydrogen) atoms. The number of hydrogen-bond donors (Lipinski definition) is 1. The molecule has 142 valence electrons. The summed E-state index contributed by atoms with van der Waals surface area (Å²) in [4.78, 5) is 16.3. The highest BCUT2D eigenvalue weighted by Crippen LogP contribution is 2.19. The number of halogens is 1. The van der Waals surface area contributed by atoms with Gasteiger partial charge in [0.05, 0.1) is 11.4 Å². The molecule has 0 unspecified atom stereocenters. The van der Waals surface area contributed by atoms with E-state index in [2.05, 4.69) is 26.2 Å². The van der Waals surface area contributed by atoms with Crippen molar-refractivity contribution in [2.75, 3.05) is 11.1 Å². The molecule has 0 aliphatic rings. The number of rotatable bonds is 7. The average molecular weight is 442 g/mol. The fourth-order valence-electron chi connectivity index (χ4n) is 2.52. The third-order valence-corrected chi connectivity index (χ3v) is 6.11. The average Bonchev–Trinajstić information content (AvgIpc) is 2.84. The SMILES string of the molecule is Cc1nc(S(=O)(=O)CCC(=O)Nc2ccc(Br)cc2)n(CC(C)C)c1C. The number of sulfone groups is 1. The Bertz CT molecular complexity index is 887. The second-order valence-corrected chi connectivity index (χ2v) is 9.61. The number of benzene rings is 1. The zero-order valence-electron chi connectivity index (χ0n) is 15.4. The van der Waals surface area contributed by atoms with Crippen molar-refractivity contribution < 1.29 is 13.2 Å². The number of anilines is 1. The topological polar surface area (TPSA) is 81.1 Å². The predicted octanol–water partition coefficient (Wildman–Crippen LogP) is 3.72. The van der Waals surface area contributed by atoms with Crippen molar-refractivity contribution in [2.24, 2.45) is 5.92 Å². The van der Waals surface area contributed by atoms with Gasteiger partial charge in [0.2, 0.25) is 20.9 Å². The summed E-state index contributed by atoms with van der Waals surface area (Å²) in [6.07, 6.45) is -0.120. The highest BCUT2D eigenvalue weighted by Gasteiger charge is 2.25. The van der Waals surface area contributed by atoms with Crippen molar-refractivity contribution in [3.8, 4) is 0 Å². The Kier molecular flexibility index (Phi) is 6.63. The van der Waals surface area contributed by atoms with Gasteiger partial charge >= 0.3 is 0 Å². The Hall–Kier alpha value is -1.67. The van der Waals surface area contributed by atoms with Crippen molar-refractivity contribution in [3.63, 3.8) is 0 Å². The Morgan fingerprint density at radius 1 is 1.23 bits per heavy atom. The van der Waals surface area contributed by atoms with Crippen molar-refractivity contribution >= 4 is 37.4 Å². The van der Waals surface area contributed by atoms with Crippen molar-refractivity contribution in [1.29, 1.82) is 0 Å². The van der Waals surface area contributed by atoms with E-state index in [-0.39, 0.29) is 29.2 Å². The van der Waals surface area contributed by atoms with Crippen LogP contribution in [0.25, 0.3) is 0 Å². The molecule has 1 amide bonds. The number of nitrogens with zero attached hydrogens (tertiary/aromatic N) is 2. The van der Waals surface area contributed by atoms with Crippen LogP contribution in [-0.4, -0.2) is 29.6 Å². The highest BCUT2D eigenvalue weighted by molar-refractivity contribution is 9.10. The lowest BCUT2D eigenvalue weighted by molar-refractivity contribution is -0.115. The van der Waals surface area contributed by atoms with E-state index < -0.39 is 9.84 Å². The first-order valence-electron chi connectivity index (χ1n) is 8.42. The first-order valence-corrected chi connectivity index (χ1v) is 10.9. The zero-order chi connectivity index (χ0) is 19.5. The Labute approximate surface area is 163 Å². The normalized spacial score (nSPS) is 11.8. The summed E-state index contributed by atoms with van der Waals surface area (Å²) < 4.78 is 28.1. The third-order valence-electron chi connectivity index (χ3n) is 3.97. The zero-order valence-corrected chi connectivity index (χ0v) is 17.8. The molecule has 0 fully saturated rings. The lowest BCUT2D eigenvalue weighted by atomic mass is 10.2. The van der Waals surface area contributed by atoms with E-state index in [1.165, 1.54) is 0 Å². The second-order valence-electron chi connectivity index (χ2n) is 6.69. The van der Waals surface area contributed by atoms with Crippen LogP contribution in [0.1, 0.15) is 31.7 Å². The van der Waals surface area contributed by atoms with E-state index in [0.29, 0.717) is 17.9 Å². The van der Waals surface area contributed by atoms with Crippen LogP contribution in [0.15, 0.2) is 33.9 Å². The molecular weight excluding hydrogens is 418 g/mol. The number of nitrogens with one attached hydrogen (secondary N) is 1. The van der Waals surface area contributed by atoms with Gasteiger partial charge in [-0.1, -0.05) is 29.8 Å². The van der Waals surface area contributed by atoms with Crippen LogP contribution in [0.5, 0.6) is 0 Å². The molecule has 8 heteroatoms. The van der Waals surface area contributed by atoms with E-state index in [1.807, 2.05) is 20.8 Å². The van der Waals surface area contributed by atoms with E-state index in [0.717, 1.165) is 10.2 Å². The molecule has 0 atom stereocenters. The molecule has 0 bridgehead atoms. The lowest BCUT2D eigenvalue weighted by Gasteiger charge is -2.13. The van der Waals surface area contributed by atoms with Gasteiger partial charge in [-0.05, 0) is 44.0 Å². The minimum atomic E-state index is -3.65. The van der Waals surface area contributed by atoms with Gasteiger partial charge in [0.1, 0.15) is 0 Å². The Morgan fingerprint density at radius 2 is 1.85 bits per heavy atom. The van der Waals surface area contributed by atoms with Gasteiger partial charge in [0.15, 0.2) is 0 Å². The van der Waals surface area contributed by atoms with Crippen LogP contribution in [0.3, 0.4) is 0 Å². The monoisotopic (exact) mass is 441 g/mol. The molecule has 0 saturated heterocycles. The van der Waals surface area contributed by atoms with Gasteiger partial charge in [0.25, 0.3) is 0 Å². The number of aryl methyl sites for hydroxylation is 1.